The van der Waals surface area contributed by atoms with Crippen LogP contribution in [0, 0.1) is 0 Å². The minimum atomic E-state index is -0.876. The second kappa shape index (κ2) is 4.46. The van der Waals surface area contributed by atoms with Gasteiger partial charge in [0.05, 0.1) is 11.1 Å². The normalized spacial score (nSPS) is 22.6. The van der Waals surface area contributed by atoms with Gasteiger partial charge in [-0.1, -0.05) is 24.4 Å². The van der Waals surface area contributed by atoms with Crippen LogP contribution < -0.4 is 5.84 Å². The van der Waals surface area contributed by atoms with Gasteiger partial charge in [0.2, 0.25) is 0 Å². The lowest BCUT2D eigenvalue weighted by Gasteiger charge is -2.33. The van der Waals surface area contributed by atoms with Crippen LogP contribution in [-0.4, -0.2) is 38.7 Å². The predicted octanol–water partition coefficient (Wildman–Crippen LogP) is 0.475. The second-order valence-electron chi connectivity index (χ2n) is 4.68. The molecule has 3 rings (SSSR count). The molecule has 3 amide bonds. The first-order valence-corrected chi connectivity index (χ1v) is 6.51. The maximum Gasteiger partial charge on any atom is 0.264 e. The van der Waals surface area contributed by atoms with E-state index in [0.717, 1.165) is 9.91 Å². The van der Waals surface area contributed by atoms with Crippen LogP contribution in [0.3, 0.4) is 0 Å². The number of piperidine rings is 1. The highest BCUT2D eigenvalue weighted by Gasteiger charge is 2.45. The molecule has 2 aliphatic rings. The minimum Gasteiger partial charge on any atom is -0.271 e. The fourth-order valence-corrected chi connectivity index (χ4v) is 2.73. The Morgan fingerprint density at radius 1 is 1.10 bits per heavy atom. The summed E-state index contributed by atoms with van der Waals surface area (Å²) in [7, 11) is 0. The zero-order valence-electron chi connectivity index (χ0n) is 10.4. The topological polar surface area (TPSA) is 83.7 Å². The number of fused-ring (bicyclic) bond motifs is 1. The molecule has 0 aliphatic carbocycles. The van der Waals surface area contributed by atoms with E-state index in [9.17, 15) is 14.4 Å². The number of nitrogens with zero attached hydrogens (tertiary/aromatic N) is 2. The third-order valence-electron chi connectivity index (χ3n) is 3.56. The summed E-state index contributed by atoms with van der Waals surface area (Å²) >= 11 is 4.95. The lowest BCUT2D eigenvalue weighted by molar-refractivity contribution is -0.132. The molecule has 1 unspecified atom stereocenters. The Morgan fingerprint density at radius 3 is 2.20 bits per heavy atom. The number of thiocarbonyl (C=S) groups is 1. The van der Waals surface area contributed by atoms with Crippen molar-refractivity contribution < 1.29 is 14.4 Å². The molecule has 1 aromatic rings. The van der Waals surface area contributed by atoms with Crippen molar-refractivity contribution in [3.63, 3.8) is 0 Å². The number of imide groups is 1. The molecule has 0 spiro atoms. The summed E-state index contributed by atoms with van der Waals surface area (Å²) in [6.07, 6.45) is 0.715. The number of rotatable bonds is 1. The first-order chi connectivity index (χ1) is 9.52. The van der Waals surface area contributed by atoms with E-state index < -0.39 is 23.8 Å². The Morgan fingerprint density at radius 2 is 1.65 bits per heavy atom. The molecule has 0 saturated carbocycles. The number of hydrogen-bond donors (Lipinski definition) is 1. The van der Waals surface area contributed by atoms with Gasteiger partial charge in [0.15, 0.2) is 0 Å². The van der Waals surface area contributed by atoms with E-state index in [2.05, 4.69) is 0 Å². The highest BCUT2D eigenvalue weighted by molar-refractivity contribution is 7.80. The van der Waals surface area contributed by atoms with Crippen LogP contribution in [0.15, 0.2) is 24.3 Å². The Labute approximate surface area is 120 Å². The van der Waals surface area contributed by atoms with Crippen molar-refractivity contribution in [2.24, 2.45) is 5.84 Å². The lowest BCUT2D eigenvalue weighted by atomic mass is 10.0. The van der Waals surface area contributed by atoms with E-state index in [4.69, 9.17) is 18.1 Å². The van der Waals surface area contributed by atoms with Crippen LogP contribution in [0.2, 0.25) is 0 Å². The summed E-state index contributed by atoms with van der Waals surface area (Å²) in [6, 6.07) is 5.64. The first-order valence-electron chi connectivity index (χ1n) is 6.11. The van der Waals surface area contributed by atoms with Crippen molar-refractivity contribution in [2.45, 2.75) is 18.9 Å². The zero-order valence-corrected chi connectivity index (χ0v) is 11.2. The minimum absolute atomic E-state index is 0.316. The molecule has 0 aromatic heterocycles. The highest BCUT2D eigenvalue weighted by Crippen LogP contribution is 2.28. The quantitative estimate of drug-likeness (QED) is 0.352. The van der Waals surface area contributed by atoms with E-state index in [0.29, 0.717) is 29.0 Å². The molecular formula is C13H11N3O3S. The number of carbonyl (C=O) groups is 3. The molecular weight excluding hydrogens is 278 g/mol. The summed E-state index contributed by atoms with van der Waals surface area (Å²) in [5.74, 6) is 4.14. The van der Waals surface area contributed by atoms with Crippen LogP contribution in [0.4, 0.5) is 0 Å². The largest absolute Gasteiger partial charge is 0.271 e. The number of benzene rings is 1. The van der Waals surface area contributed by atoms with Crippen molar-refractivity contribution >= 4 is 34.9 Å². The van der Waals surface area contributed by atoms with Crippen LogP contribution in [-0.2, 0) is 4.79 Å². The Balaban J connectivity index is 1.97. The monoisotopic (exact) mass is 289 g/mol. The van der Waals surface area contributed by atoms with E-state index in [1.54, 1.807) is 24.3 Å². The molecule has 7 heteroatoms. The van der Waals surface area contributed by atoms with Crippen molar-refractivity contribution in [1.29, 1.82) is 0 Å². The molecule has 2 aliphatic heterocycles. The van der Waals surface area contributed by atoms with Gasteiger partial charge < -0.3 is 0 Å². The summed E-state index contributed by atoms with van der Waals surface area (Å²) in [6.45, 7) is 0. The molecule has 2 N–H and O–H groups in total. The van der Waals surface area contributed by atoms with Gasteiger partial charge in [-0.2, -0.15) is 0 Å². The molecule has 2 heterocycles. The molecule has 6 nitrogen and oxygen atoms in total. The number of hydrazine groups is 1. The van der Waals surface area contributed by atoms with E-state index in [-0.39, 0.29) is 0 Å². The van der Waals surface area contributed by atoms with Crippen molar-refractivity contribution in [2.75, 3.05) is 0 Å². The SMILES string of the molecule is NN1C(=O)C(N2C(=O)c3ccccc3C2=O)CCC1=S. The fourth-order valence-electron chi connectivity index (χ4n) is 2.52. The van der Waals surface area contributed by atoms with E-state index in [1.165, 1.54) is 0 Å². The molecule has 1 fully saturated rings. The zero-order chi connectivity index (χ0) is 14.4. The number of amides is 3. The fraction of sp³-hybridized carbons (Fsp3) is 0.231. The third-order valence-corrected chi connectivity index (χ3v) is 3.96. The molecule has 0 radical (unpaired) electrons. The first kappa shape index (κ1) is 12.9. The summed E-state index contributed by atoms with van der Waals surface area (Å²) < 4.78 is 0. The highest BCUT2D eigenvalue weighted by atomic mass is 32.1. The smallest absolute Gasteiger partial charge is 0.264 e. The standard InChI is InChI=1S/C13H11N3O3S/c14-16-10(20)6-5-9(13(16)19)15-11(17)7-3-1-2-4-8(7)12(15)18/h1-4,9H,5-6,14H2. The van der Waals surface area contributed by atoms with Gasteiger partial charge in [-0.15, -0.1) is 0 Å². The van der Waals surface area contributed by atoms with Crippen LogP contribution in [0.5, 0.6) is 0 Å². The Hall–Kier alpha value is -2.12. The summed E-state index contributed by atoms with van der Waals surface area (Å²) in [4.78, 5) is 38.1. The van der Waals surface area contributed by atoms with Gasteiger partial charge in [0.25, 0.3) is 17.7 Å². The molecule has 0 bridgehead atoms. The van der Waals surface area contributed by atoms with Crippen molar-refractivity contribution in [3.05, 3.63) is 35.4 Å². The maximum absolute atomic E-state index is 12.3. The number of nitrogens with two attached hydrogens (primary N) is 1. The van der Waals surface area contributed by atoms with Gasteiger partial charge in [-0.05, 0) is 18.6 Å². The van der Waals surface area contributed by atoms with Crippen LogP contribution >= 0.6 is 12.2 Å². The van der Waals surface area contributed by atoms with Gasteiger partial charge >= 0.3 is 0 Å². The predicted molar refractivity (Wildman–Crippen MR) is 73.6 cm³/mol. The van der Waals surface area contributed by atoms with Crippen LogP contribution in [0.25, 0.3) is 0 Å². The van der Waals surface area contributed by atoms with Crippen LogP contribution in [0.1, 0.15) is 33.6 Å². The molecule has 1 aromatic carbocycles. The van der Waals surface area contributed by atoms with E-state index in [1.807, 2.05) is 0 Å². The van der Waals surface area contributed by atoms with Gasteiger partial charge in [0.1, 0.15) is 11.0 Å². The van der Waals surface area contributed by atoms with E-state index >= 15 is 0 Å². The average Bonchev–Trinajstić information content (AvgIpc) is 2.70. The van der Waals surface area contributed by atoms with Gasteiger partial charge in [0, 0.05) is 6.42 Å². The number of carbonyl (C=O) groups excluding carboxylic acids is 3. The summed E-state index contributed by atoms with van der Waals surface area (Å²) in [5, 5.41) is 0.854. The molecule has 1 atom stereocenters. The Bertz CT molecular complexity index is 623. The summed E-state index contributed by atoms with van der Waals surface area (Å²) in [5.41, 5.74) is 0.643. The van der Waals surface area contributed by atoms with Gasteiger partial charge in [-0.3, -0.25) is 19.3 Å². The second-order valence-corrected chi connectivity index (χ2v) is 5.15. The third kappa shape index (κ3) is 1.67. The lowest BCUT2D eigenvalue weighted by Crippen LogP contribution is -2.57. The Kier molecular flexibility index (Phi) is 2.88. The number of hydrogen-bond acceptors (Lipinski definition) is 5. The molecule has 1 saturated heterocycles. The maximum atomic E-state index is 12.3. The van der Waals surface area contributed by atoms with Gasteiger partial charge in [-0.25, -0.2) is 10.9 Å². The van der Waals surface area contributed by atoms with Crippen molar-refractivity contribution in [3.8, 4) is 0 Å². The molecule has 102 valence electrons. The van der Waals surface area contributed by atoms with Crippen molar-refractivity contribution in [1.82, 2.24) is 9.91 Å². The average molecular weight is 289 g/mol. The molecule has 20 heavy (non-hydrogen) atoms.